The van der Waals surface area contributed by atoms with Crippen molar-refractivity contribution in [3.8, 4) is 0 Å². The Bertz CT molecular complexity index is 499. The highest BCUT2D eigenvalue weighted by Crippen LogP contribution is 2.39. The molecule has 1 unspecified atom stereocenters. The number of benzene rings is 1. The maximum atomic E-state index is 12.3. The molecule has 0 saturated carbocycles. The summed E-state index contributed by atoms with van der Waals surface area (Å²) in [6, 6.07) is 9.67. The Labute approximate surface area is 130 Å². The van der Waals surface area contributed by atoms with Crippen LogP contribution in [0.4, 0.5) is 4.79 Å². The van der Waals surface area contributed by atoms with E-state index in [1.165, 1.54) is 0 Å². The SMILES string of the molecule is O=C(OCc1ccccc1)N1CCC(O)C2(CCOCC2)C1. The Morgan fingerprint density at radius 1 is 1.32 bits per heavy atom. The fourth-order valence-corrected chi connectivity index (χ4v) is 3.38. The Hall–Kier alpha value is -1.59. The molecule has 2 saturated heterocycles. The van der Waals surface area contributed by atoms with Gasteiger partial charge in [-0.05, 0) is 24.8 Å². The molecule has 1 aromatic carbocycles. The first-order chi connectivity index (χ1) is 10.7. The standard InChI is InChI=1S/C17H23NO4/c19-15-6-9-18(13-17(15)7-10-21-11-8-17)16(20)22-12-14-4-2-1-3-5-14/h1-5,15,19H,6-13H2. The van der Waals surface area contributed by atoms with Gasteiger partial charge in [-0.25, -0.2) is 4.79 Å². The van der Waals surface area contributed by atoms with Crippen molar-refractivity contribution in [2.24, 2.45) is 5.41 Å². The fourth-order valence-electron chi connectivity index (χ4n) is 3.38. The normalized spacial score (nSPS) is 24.2. The van der Waals surface area contributed by atoms with Crippen molar-refractivity contribution in [3.05, 3.63) is 35.9 Å². The molecule has 1 amide bonds. The number of carbonyl (C=O) groups is 1. The van der Waals surface area contributed by atoms with Gasteiger partial charge in [-0.15, -0.1) is 0 Å². The molecular formula is C17H23NO4. The van der Waals surface area contributed by atoms with Gasteiger partial charge < -0.3 is 19.5 Å². The Kier molecular flexibility index (Phi) is 4.64. The van der Waals surface area contributed by atoms with Crippen LogP contribution in [0.25, 0.3) is 0 Å². The van der Waals surface area contributed by atoms with Crippen LogP contribution in [0.15, 0.2) is 30.3 Å². The number of likely N-dealkylation sites (tertiary alicyclic amines) is 1. The molecular weight excluding hydrogens is 282 g/mol. The minimum absolute atomic E-state index is 0.220. The van der Waals surface area contributed by atoms with Crippen LogP contribution in [0.2, 0.25) is 0 Å². The summed E-state index contributed by atoms with van der Waals surface area (Å²) in [6.45, 7) is 2.71. The molecule has 5 nitrogen and oxygen atoms in total. The molecule has 3 rings (SSSR count). The van der Waals surface area contributed by atoms with Gasteiger partial charge in [0.1, 0.15) is 6.61 Å². The van der Waals surface area contributed by atoms with Crippen LogP contribution >= 0.6 is 0 Å². The van der Waals surface area contributed by atoms with E-state index in [-0.39, 0.29) is 24.2 Å². The number of hydrogen-bond donors (Lipinski definition) is 1. The summed E-state index contributed by atoms with van der Waals surface area (Å²) < 4.78 is 10.8. The fraction of sp³-hybridized carbons (Fsp3) is 0.588. The smallest absolute Gasteiger partial charge is 0.410 e. The molecule has 1 N–H and O–H groups in total. The van der Waals surface area contributed by atoms with Gasteiger partial charge in [-0.3, -0.25) is 0 Å². The van der Waals surface area contributed by atoms with E-state index in [2.05, 4.69) is 0 Å². The number of hydrogen-bond acceptors (Lipinski definition) is 4. The van der Waals surface area contributed by atoms with E-state index in [0.29, 0.717) is 32.7 Å². The average Bonchev–Trinajstić information content (AvgIpc) is 2.57. The van der Waals surface area contributed by atoms with Crippen LogP contribution in [0.1, 0.15) is 24.8 Å². The third-order valence-electron chi connectivity index (χ3n) is 4.84. The Morgan fingerprint density at radius 3 is 2.77 bits per heavy atom. The summed E-state index contributed by atoms with van der Waals surface area (Å²) in [5, 5.41) is 10.4. The highest BCUT2D eigenvalue weighted by atomic mass is 16.6. The molecule has 22 heavy (non-hydrogen) atoms. The van der Waals surface area contributed by atoms with Crippen LogP contribution in [0.3, 0.4) is 0 Å². The molecule has 2 aliphatic rings. The van der Waals surface area contributed by atoms with Gasteiger partial charge >= 0.3 is 6.09 Å². The van der Waals surface area contributed by atoms with Crippen molar-refractivity contribution in [2.75, 3.05) is 26.3 Å². The zero-order valence-corrected chi connectivity index (χ0v) is 12.7. The van der Waals surface area contributed by atoms with Gasteiger partial charge in [-0.2, -0.15) is 0 Å². The number of amides is 1. The van der Waals surface area contributed by atoms with Gasteiger partial charge in [0.25, 0.3) is 0 Å². The molecule has 1 aromatic rings. The minimum Gasteiger partial charge on any atom is -0.445 e. The third kappa shape index (κ3) is 3.25. The van der Waals surface area contributed by atoms with Crippen molar-refractivity contribution in [1.29, 1.82) is 0 Å². The molecule has 0 radical (unpaired) electrons. The van der Waals surface area contributed by atoms with E-state index < -0.39 is 0 Å². The van der Waals surface area contributed by atoms with Gasteiger partial charge in [0, 0.05) is 31.7 Å². The van der Waals surface area contributed by atoms with Crippen molar-refractivity contribution >= 4 is 6.09 Å². The van der Waals surface area contributed by atoms with Crippen LogP contribution in [0, 0.1) is 5.41 Å². The van der Waals surface area contributed by atoms with E-state index in [9.17, 15) is 9.90 Å². The molecule has 0 aromatic heterocycles. The van der Waals surface area contributed by atoms with Crippen molar-refractivity contribution in [1.82, 2.24) is 4.90 Å². The predicted octanol–water partition coefficient (Wildman–Crippen LogP) is 2.19. The summed E-state index contributed by atoms with van der Waals surface area (Å²) in [4.78, 5) is 14.0. The van der Waals surface area contributed by atoms with Gasteiger partial charge in [-0.1, -0.05) is 30.3 Å². The number of rotatable bonds is 2. The summed E-state index contributed by atoms with van der Waals surface area (Å²) in [5.41, 5.74) is 0.760. The zero-order chi connectivity index (χ0) is 15.4. The highest BCUT2D eigenvalue weighted by Gasteiger charge is 2.45. The quantitative estimate of drug-likeness (QED) is 0.910. The number of carbonyl (C=O) groups excluding carboxylic acids is 1. The lowest BCUT2D eigenvalue weighted by Crippen LogP contribution is -2.55. The second kappa shape index (κ2) is 6.67. The second-order valence-corrected chi connectivity index (χ2v) is 6.24. The molecule has 120 valence electrons. The molecule has 2 aliphatic heterocycles. The molecule has 5 heteroatoms. The Balaban J connectivity index is 1.58. The topological polar surface area (TPSA) is 59.0 Å². The van der Waals surface area contributed by atoms with Crippen molar-refractivity contribution < 1.29 is 19.4 Å². The van der Waals surface area contributed by atoms with Gasteiger partial charge in [0.2, 0.25) is 0 Å². The first kappa shape index (κ1) is 15.3. The largest absolute Gasteiger partial charge is 0.445 e. The predicted molar refractivity (Wildman–Crippen MR) is 81.3 cm³/mol. The summed E-state index contributed by atoms with van der Waals surface area (Å²) in [7, 11) is 0. The summed E-state index contributed by atoms with van der Waals surface area (Å²) in [6.07, 6.45) is 1.57. The zero-order valence-electron chi connectivity index (χ0n) is 12.7. The van der Waals surface area contributed by atoms with Crippen LogP contribution in [0.5, 0.6) is 0 Å². The van der Waals surface area contributed by atoms with E-state index in [1.807, 2.05) is 30.3 Å². The molecule has 1 spiro atoms. The van der Waals surface area contributed by atoms with Crippen molar-refractivity contribution in [2.45, 2.75) is 32.0 Å². The number of nitrogens with zero attached hydrogens (tertiary/aromatic N) is 1. The minimum atomic E-state index is -0.352. The number of aliphatic hydroxyl groups excluding tert-OH is 1. The molecule has 2 heterocycles. The summed E-state index contributed by atoms with van der Waals surface area (Å²) >= 11 is 0. The van der Waals surface area contributed by atoms with E-state index in [0.717, 1.165) is 18.4 Å². The highest BCUT2D eigenvalue weighted by molar-refractivity contribution is 5.68. The lowest BCUT2D eigenvalue weighted by atomic mass is 9.72. The number of aliphatic hydroxyl groups is 1. The number of ether oxygens (including phenoxy) is 2. The maximum absolute atomic E-state index is 12.3. The molecule has 1 atom stereocenters. The van der Waals surface area contributed by atoms with Crippen LogP contribution < -0.4 is 0 Å². The average molecular weight is 305 g/mol. The monoisotopic (exact) mass is 305 g/mol. The second-order valence-electron chi connectivity index (χ2n) is 6.24. The first-order valence-electron chi connectivity index (χ1n) is 7.91. The first-order valence-corrected chi connectivity index (χ1v) is 7.91. The molecule has 2 fully saturated rings. The third-order valence-corrected chi connectivity index (χ3v) is 4.84. The van der Waals surface area contributed by atoms with E-state index in [1.54, 1.807) is 4.90 Å². The van der Waals surface area contributed by atoms with Gasteiger partial charge in [0.15, 0.2) is 0 Å². The van der Waals surface area contributed by atoms with Crippen LogP contribution in [-0.2, 0) is 16.1 Å². The van der Waals surface area contributed by atoms with Gasteiger partial charge in [0.05, 0.1) is 6.10 Å². The maximum Gasteiger partial charge on any atom is 0.410 e. The molecule has 0 aliphatic carbocycles. The van der Waals surface area contributed by atoms with E-state index in [4.69, 9.17) is 9.47 Å². The number of piperidine rings is 1. The lowest BCUT2D eigenvalue weighted by Gasteiger charge is -2.47. The Morgan fingerprint density at radius 2 is 2.05 bits per heavy atom. The van der Waals surface area contributed by atoms with E-state index >= 15 is 0 Å². The lowest BCUT2D eigenvalue weighted by molar-refractivity contribution is -0.0999. The summed E-state index contributed by atoms with van der Waals surface area (Å²) in [5.74, 6) is 0. The van der Waals surface area contributed by atoms with Crippen molar-refractivity contribution in [3.63, 3.8) is 0 Å². The van der Waals surface area contributed by atoms with Crippen LogP contribution in [-0.4, -0.2) is 48.5 Å². The molecule has 0 bridgehead atoms.